The van der Waals surface area contributed by atoms with Gasteiger partial charge in [0.25, 0.3) is 0 Å². The lowest BCUT2D eigenvalue weighted by Crippen LogP contribution is -2.11. The highest BCUT2D eigenvalue weighted by atomic mass is 32.1. The lowest BCUT2D eigenvalue weighted by molar-refractivity contribution is 0.415. The molecule has 16 heavy (non-hydrogen) atoms. The van der Waals surface area contributed by atoms with Crippen LogP contribution in [-0.4, -0.2) is 12.1 Å². The van der Waals surface area contributed by atoms with E-state index in [0.717, 1.165) is 16.7 Å². The Labute approximate surface area is 100 Å². The van der Waals surface area contributed by atoms with Gasteiger partial charge in [-0.15, -0.1) is 0 Å². The van der Waals surface area contributed by atoms with E-state index in [2.05, 4.69) is 6.07 Å². The highest BCUT2D eigenvalue weighted by Gasteiger charge is 2.03. The van der Waals surface area contributed by atoms with Crippen molar-refractivity contribution in [3.05, 3.63) is 42.0 Å². The van der Waals surface area contributed by atoms with E-state index in [-0.39, 0.29) is 0 Å². The summed E-state index contributed by atoms with van der Waals surface area (Å²) in [5, 5.41) is 2.32. The molecule has 0 aliphatic rings. The first kappa shape index (κ1) is 10.9. The highest BCUT2D eigenvalue weighted by molar-refractivity contribution is 7.80. The average molecular weight is 231 g/mol. The maximum atomic E-state index is 5.59. The molecule has 0 heterocycles. The van der Waals surface area contributed by atoms with Crippen molar-refractivity contribution in [3.63, 3.8) is 0 Å². The van der Waals surface area contributed by atoms with Crippen LogP contribution in [0.1, 0.15) is 5.56 Å². The molecule has 0 radical (unpaired) electrons. The second kappa shape index (κ2) is 4.49. The fourth-order valence-electron chi connectivity index (χ4n) is 1.79. The topological polar surface area (TPSA) is 35.2 Å². The van der Waals surface area contributed by atoms with E-state index in [1.54, 1.807) is 7.11 Å². The van der Waals surface area contributed by atoms with Crippen LogP contribution in [0.3, 0.4) is 0 Å². The average Bonchev–Trinajstić information content (AvgIpc) is 2.28. The first-order chi connectivity index (χ1) is 7.70. The van der Waals surface area contributed by atoms with Gasteiger partial charge in [0, 0.05) is 6.42 Å². The molecule has 0 fully saturated rings. The number of fused-ring (bicyclic) bond motifs is 1. The summed E-state index contributed by atoms with van der Waals surface area (Å²) in [7, 11) is 1.66. The van der Waals surface area contributed by atoms with E-state index in [4.69, 9.17) is 22.7 Å². The van der Waals surface area contributed by atoms with Crippen LogP contribution in [0.25, 0.3) is 10.8 Å². The van der Waals surface area contributed by atoms with Gasteiger partial charge >= 0.3 is 0 Å². The minimum Gasteiger partial charge on any atom is -0.497 e. The summed E-state index contributed by atoms with van der Waals surface area (Å²) in [6.45, 7) is 0. The molecule has 2 aromatic rings. The molecule has 2 nitrogen and oxygen atoms in total. The smallest absolute Gasteiger partial charge is 0.119 e. The fraction of sp³-hybridized carbons (Fsp3) is 0.154. The maximum Gasteiger partial charge on any atom is 0.119 e. The molecule has 0 atom stereocenters. The quantitative estimate of drug-likeness (QED) is 0.825. The Morgan fingerprint density at radius 3 is 2.81 bits per heavy atom. The lowest BCUT2D eigenvalue weighted by Gasteiger charge is -2.07. The second-order valence-electron chi connectivity index (χ2n) is 3.65. The molecule has 0 aliphatic heterocycles. The monoisotopic (exact) mass is 231 g/mol. The zero-order valence-electron chi connectivity index (χ0n) is 9.07. The molecule has 2 aromatic carbocycles. The Hall–Kier alpha value is -1.61. The van der Waals surface area contributed by atoms with Crippen LogP contribution < -0.4 is 10.5 Å². The van der Waals surface area contributed by atoms with Gasteiger partial charge in [0.15, 0.2) is 0 Å². The van der Waals surface area contributed by atoms with Crippen molar-refractivity contribution >= 4 is 28.0 Å². The standard InChI is InChI=1S/C13H13NOS/c1-15-11-6-5-9-3-2-4-10(7-13(14)16)12(9)8-11/h2-6,8H,7H2,1H3,(H2,14,16). The predicted molar refractivity (Wildman–Crippen MR) is 71.0 cm³/mol. The van der Waals surface area contributed by atoms with Gasteiger partial charge in [0.2, 0.25) is 0 Å². The fourth-order valence-corrected chi connectivity index (χ4v) is 1.94. The summed E-state index contributed by atoms with van der Waals surface area (Å²) >= 11 is 4.95. The first-order valence-electron chi connectivity index (χ1n) is 5.04. The second-order valence-corrected chi connectivity index (χ2v) is 4.17. The molecule has 0 aliphatic carbocycles. The van der Waals surface area contributed by atoms with Crippen LogP contribution in [0.2, 0.25) is 0 Å². The van der Waals surface area contributed by atoms with Crippen molar-refractivity contribution in [1.29, 1.82) is 0 Å². The third-order valence-corrected chi connectivity index (χ3v) is 2.69. The molecule has 2 rings (SSSR count). The molecular formula is C13H13NOS. The number of hydrogen-bond acceptors (Lipinski definition) is 2. The molecule has 2 N–H and O–H groups in total. The summed E-state index contributed by atoms with van der Waals surface area (Å²) in [6.07, 6.45) is 0.625. The SMILES string of the molecule is COc1ccc2cccc(CC(N)=S)c2c1. The van der Waals surface area contributed by atoms with E-state index < -0.39 is 0 Å². The van der Waals surface area contributed by atoms with Crippen LogP contribution in [0.15, 0.2) is 36.4 Å². The van der Waals surface area contributed by atoms with Gasteiger partial charge in [0.1, 0.15) is 5.75 Å². The number of benzene rings is 2. The lowest BCUT2D eigenvalue weighted by atomic mass is 10.0. The summed E-state index contributed by atoms with van der Waals surface area (Å²) < 4.78 is 5.22. The molecule has 0 bridgehead atoms. The van der Waals surface area contributed by atoms with Crippen molar-refractivity contribution in [2.45, 2.75) is 6.42 Å². The number of nitrogens with two attached hydrogens (primary N) is 1. The predicted octanol–water partition coefficient (Wildman–Crippen LogP) is 2.68. The van der Waals surface area contributed by atoms with Gasteiger partial charge in [-0.3, -0.25) is 0 Å². The highest BCUT2D eigenvalue weighted by Crippen LogP contribution is 2.24. The zero-order chi connectivity index (χ0) is 11.5. The van der Waals surface area contributed by atoms with Gasteiger partial charge in [0.05, 0.1) is 12.1 Å². The van der Waals surface area contributed by atoms with Gasteiger partial charge in [-0.25, -0.2) is 0 Å². The van der Waals surface area contributed by atoms with Gasteiger partial charge < -0.3 is 10.5 Å². The Morgan fingerprint density at radius 1 is 1.31 bits per heavy atom. The number of methoxy groups -OCH3 is 1. The van der Waals surface area contributed by atoms with Gasteiger partial charge in [-0.05, 0) is 28.5 Å². The Kier molecular flexibility index (Phi) is 3.06. The Bertz CT molecular complexity index is 536. The first-order valence-corrected chi connectivity index (χ1v) is 5.45. The van der Waals surface area contributed by atoms with Gasteiger partial charge in [-0.2, -0.15) is 0 Å². The molecule has 0 spiro atoms. The van der Waals surface area contributed by atoms with Crippen molar-refractivity contribution in [1.82, 2.24) is 0 Å². The number of hydrogen-bond donors (Lipinski definition) is 1. The molecular weight excluding hydrogens is 218 g/mol. The van der Waals surface area contributed by atoms with Crippen LogP contribution in [-0.2, 0) is 6.42 Å². The van der Waals surface area contributed by atoms with E-state index in [1.807, 2.05) is 30.3 Å². The Morgan fingerprint density at radius 2 is 2.12 bits per heavy atom. The van der Waals surface area contributed by atoms with Crippen molar-refractivity contribution < 1.29 is 4.74 Å². The summed E-state index contributed by atoms with van der Waals surface area (Å²) in [5.41, 5.74) is 6.73. The third-order valence-electron chi connectivity index (χ3n) is 2.54. The van der Waals surface area contributed by atoms with E-state index in [9.17, 15) is 0 Å². The number of rotatable bonds is 3. The van der Waals surface area contributed by atoms with Crippen LogP contribution in [0.4, 0.5) is 0 Å². The summed E-state index contributed by atoms with van der Waals surface area (Å²) in [5.74, 6) is 0.850. The van der Waals surface area contributed by atoms with Crippen LogP contribution in [0, 0.1) is 0 Å². The molecule has 0 saturated carbocycles. The molecule has 82 valence electrons. The minimum atomic E-state index is 0.510. The largest absolute Gasteiger partial charge is 0.497 e. The van der Waals surface area contributed by atoms with E-state index >= 15 is 0 Å². The van der Waals surface area contributed by atoms with Crippen molar-refractivity contribution in [3.8, 4) is 5.75 Å². The Balaban J connectivity index is 2.59. The molecule has 0 aromatic heterocycles. The summed E-state index contributed by atoms with van der Waals surface area (Å²) in [6, 6.07) is 12.1. The molecule has 0 unspecified atom stereocenters. The normalized spacial score (nSPS) is 10.3. The van der Waals surface area contributed by atoms with Crippen molar-refractivity contribution in [2.24, 2.45) is 5.73 Å². The summed E-state index contributed by atoms with van der Waals surface area (Å²) in [4.78, 5) is 0.510. The molecule has 3 heteroatoms. The zero-order valence-corrected chi connectivity index (χ0v) is 9.88. The van der Waals surface area contributed by atoms with Crippen molar-refractivity contribution in [2.75, 3.05) is 7.11 Å². The van der Waals surface area contributed by atoms with Crippen LogP contribution in [0.5, 0.6) is 5.75 Å². The molecule has 0 saturated heterocycles. The van der Waals surface area contributed by atoms with E-state index in [1.165, 1.54) is 5.39 Å². The van der Waals surface area contributed by atoms with E-state index in [0.29, 0.717) is 11.4 Å². The maximum absolute atomic E-state index is 5.59. The third kappa shape index (κ3) is 2.14. The number of thiocarbonyl (C=S) groups is 1. The number of ether oxygens (including phenoxy) is 1. The van der Waals surface area contributed by atoms with Gasteiger partial charge in [-0.1, -0.05) is 36.5 Å². The minimum absolute atomic E-state index is 0.510. The molecule has 0 amide bonds. The van der Waals surface area contributed by atoms with Crippen LogP contribution >= 0.6 is 12.2 Å².